The Bertz CT molecular complexity index is 1240. The minimum atomic E-state index is -0.185. The number of hydrogen-bond donors (Lipinski definition) is 1. The number of amides is 1. The highest BCUT2D eigenvalue weighted by molar-refractivity contribution is 7.99. The molecule has 6 nitrogen and oxygen atoms in total. The summed E-state index contributed by atoms with van der Waals surface area (Å²) in [4.78, 5) is 12.5. The molecule has 2 aromatic heterocycles. The van der Waals surface area contributed by atoms with Crippen LogP contribution in [0.15, 0.2) is 53.7 Å². The Balaban J connectivity index is 1.56. The van der Waals surface area contributed by atoms with E-state index in [1.165, 1.54) is 11.8 Å². The lowest BCUT2D eigenvalue weighted by atomic mass is 10.1. The van der Waals surface area contributed by atoms with Gasteiger partial charge in [0.15, 0.2) is 10.8 Å². The zero-order chi connectivity index (χ0) is 21.3. The van der Waals surface area contributed by atoms with Gasteiger partial charge in [0.05, 0.1) is 24.4 Å². The molecule has 1 unspecified atom stereocenters. The highest BCUT2D eigenvalue weighted by atomic mass is 35.5. The number of pyridine rings is 1. The fourth-order valence-electron chi connectivity index (χ4n) is 3.44. The first kappa shape index (κ1) is 20.5. The number of nitrogens with zero attached hydrogens (tertiary/aromatic N) is 3. The number of aryl methyl sites for hydroxylation is 1. The molecule has 30 heavy (non-hydrogen) atoms. The minimum Gasteiger partial charge on any atom is -0.497 e. The summed E-state index contributed by atoms with van der Waals surface area (Å²) in [5, 5.41) is 14.0. The van der Waals surface area contributed by atoms with Crippen LogP contribution in [0.4, 0.5) is 0 Å². The molecule has 0 aliphatic carbocycles. The minimum absolute atomic E-state index is 0.0989. The maximum absolute atomic E-state index is 12.5. The summed E-state index contributed by atoms with van der Waals surface area (Å²) in [7, 11) is 1.64. The molecule has 4 aromatic rings. The predicted molar refractivity (Wildman–Crippen MR) is 121 cm³/mol. The summed E-state index contributed by atoms with van der Waals surface area (Å²) in [5.74, 6) is 0.873. The molecule has 0 saturated carbocycles. The van der Waals surface area contributed by atoms with Crippen LogP contribution in [0, 0.1) is 6.92 Å². The lowest BCUT2D eigenvalue weighted by molar-refractivity contribution is -0.119. The van der Waals surface area contributed by atoms with E-state index in [4.69, 9.17) is 16.3 Å². The van der Waals surface area contributed by atoms with Crippen molar-refractivity contribution in [2.45, 2.75) is 25.0 Å². The van der Waals surface area contributed by atoms with Crippen molar-refractivity contribution in [3.8, 4) is 5.75 Å². The second kappa shape index (κ2) is 8.53. The number of thioether (sulfide) groups is 1. The van der Waals surface area contributed by atoms with Gasteiger partial charge in [-0.05, 0) is 49.2 Å². The Morgan fingerprint density at radius 2 is 2.03 bits per heavy atom. The first-order chi connectivity index (χ1) is 14.5. The van der Waals surface area contributed by atoms with Crippen LogP contribution in [0.2, 0.25) is 5.02 Å². The average molecular weight is 441 g/mol. The Kier molecular flexibility index (Phi) is 5.83. The Morgan fingerprint density at radius 1 is 1.23 bits per heavy atom. The summed E-state index contributed by atoms with van der Waals surface area (Å²) in [6, 6.07) is 15.2. The van der Waals surface area contributed by atoms with E-state index < -0.39 is 0 Å². The van der Waals surface area contributed by atoms with Gasteiger partial charge in [-0.3, -0.25) is 9.20 Å². The number of carbonyl (C=O) groups is 1. The number of aromatic nitrogens is 3. The molecule has 0 spiro atoms. The number of benzene rings is 2. The van der Waals surface area contributed by atoms with Crippen molar-refractivity contribution >= 4 is 45.8 Å². The molecule has 2 heterocycles. The number of hydrogen-bond acceptors (Lipinski definition) is 5. The maximum atomic E-state index is 12.5. The van der Waals surface area contributed by atoms with Gasteiger partial charge in [-0.1, -0.05) is 41.6 Å². The van der Waals surface area contributed by atoms with E-state index in [0.717, 1.165) is 33.4 Å². The number of rotatable bonds is 6. The molecule has 0 aliphatic heterocycles. The van der Waals surface area contributed by atoms with E-state index in [0.29, 0.717) is 10.2 Å². The topological polar surface area (TPSA) is 68.5 Å². The maximum Gasteiger partial charge on any atom is 0.230 e. The van der Waals surface area contributed by atoms with Gasteiger partial charge in [0.25, 0.3) is 0 Å². The lowest BCUT2D eigenvalue weighted by Gasteiger charge is -2.15. The monoisotopic (exact) mass is 440 g/mol. The summed E-state index contributed by atoms with van der Waals surface area (Å²) in [6.07, 6.45) is 0. The summed E-state index contributed by atoms with van der Waals surface area (Å²) in [6.45, 7) is 3.96. The van der Waals surface area contributed by atoms with Gasteiger partial charge in [-0.2, -0.15) is 0 Å². The average Bonchev–Trinajstić information content (AvgIpc) is 3.15. The number of carbonyl (C=O) groups excluding carboxylic acids is 1. The molecule has 4 rings (SSSR count). The third kappa shape index (κ3) is 3.95. The van der Waals surface area contributed by atoms with Gasteiger partial charge in [0.1, 0.15) is 5.75 Å². The highest BCUT2D eigenvalue weighted by Crippen LogP contribution is 2.29. The zero-order valence-electron chi connectivity index (χ0n) is 16.8. The van der Waals surface area contributed by atoms with Crippen molar-refractivity contribution in [3.63, 3.8) is 0 Å². The second-order valence-electron chi connectivity index (χ2n) is 6.99. The largest absolute Gasteiger partial charge is 0.497 e. The van der Waals surface area contributed by atoms with E-state index in [9.17, 15) is 4.79 Å². The molecule has 0 saturated heterocycles. The second-order valence-corrected chi connectivity index (χ2v) is 8.34. The molecule has 0 radical (unpaired) electrons. The third-order valence-corrected chi connectivity index (χ3v) is 6.23. The van der Waals surface area contributed by atoms with Gasteiger partial charge < -0.3 is 10.1 Å². The van der Waals surface area contributed by atoms with Crippen LogP contribution in [0.25, 0.3) is 16.6 Å². The SMILES string of the molecule is COc1ccc2c(C)cc3nnc(SCC(=O)NC(C)c4ccccc4Cl)n3c2c1. The van der Waals surface area contributed by atoms with Crippen molar-refractivity contribution in [1.29, 1.82) is 0 Å². The Morgan fingerprint density at radius 3 is 2.80 bits per heavy atom. The fraction of sp³-hybridized carbons (Fsp3) is 0.227. The Hall–Kier alpha value is -2.77. The van der Waals surface area contributed by atoms with Gasteiger partial charge in [0, 0.05) is 16.5 Å². The number of nitrogens with one attached hydrogen (secondary N) is 1. The molecule has 1 amide bonds. The van der Waals surface area contributed by atoms with Crippen molar-refractivity contribution in [1.82, 2.24) is 19.9 Å². The molecule has 0 aliphatic rings. The summed E-state index contributed by atoms with van der Waals surface area (Å²) < 4.78 is 7.34. The summed E-state index contributed by atoms with van der Waals surface area (Å²) >= 11 is 7.57. The number of ether oxygens (including phenoxy) is 1. The standard InChI is InChI=1S/C22H21ClN4O2S/c1-13-10-20-25-26-22(27(20)19-11-15(29-3)8-9-16(13)19)30-12-21(28)24-14(2)17-6-4-5-7-18(17)23/h4-11,14H,12H2,1-3H3,(H,24,28). The quantitative estimate of drug-likeness (QED) is 0.435. The number of fused-ring (bicyclic) bond motifs is 3. The van der Waals surface area contributed by atoms with Gasteiger partial charge in [0.2, 0.25) is 5.91 Å². The highest BCUT2D eigenvalue weighted by Gasteiger charge is 2.16. The van der Waals surface area contributed by atoms with Gasteiger partial charge in [-0.15, -0.1) is 10.2 Å². The molecule has 1 N–H and O–H groups in total. The molecule has 0 fully saturated rings. The van der Waals surface area contributed by atoms with Crippen molar-refractivity contribution < 1.29 is 9.53 Å². The Labute approximate surface area is 183 Å². The molecule has 0 bridgehead atoms. The number of halogens is 1. The van der Waals surface area contributed by atoms with Crippen molar-refractivity contribution in [2.75, 3.05) is 12.9 Å². The predicted octanol–water partition coefficient (Wildman–Crippen LogP) is 4.82. The van der Waals surface area contributed by atoms with Crippen molar-refractivity contribution in [3.05, 3.63) is 64.7 Å². The first-order valence-electron chi connectivity index (χ1n) is 9.47. The van der Waals surface area contributed by atoms with Crippen LogP contribution in [-0.2, 0) is 4.79 Å². The molecule has 1 atom stereocenters. The van der Waals surface area contributed by atoms with Crippen LogP contribution in [0.5, 0.6) is 5.75 Å². The lowest BCUT2D eigenvalue weighted by Crippen LogP contribution is -2.28. The summed E-state index contributed by atoms with van der Waals surface area (Å²) in [5.41, 5.74) is 3.68. The number of methoxy groups -OCH3 is 1. The van der Waals surface area contributed by atoms with E-state index in [-0.39, 0.29) is 17.7 Å². The smallest absolute Gasteiger partial charge is 0.230 e. The molecule has 2 aromatic carbocycles. The molecule has 154 valence electrons. The van der Waals surface area contributed by atoms with E-state index >= 15 is 0 Å². The third-order valence-electron chi connectivity index (χ3n) is 4.96. The molecular weight excluding hydrogens is 420 g/mol. The fourth-order valence-corrected chi connectivity index (χ4v) is 4.50. The molecule has 8 heteroatoms. The normalized spacial score (nSPS) is 12.3. The van der Waals surface area contributed by atoms with Gasteiger partial charge >= 0.3 is 0 Å². The van der Waals surface area contributed by atoms with Crippen LogP contribution in [0.3, 0.4) is 0 Å². The molecular formula is C22H21ClN4O2S. The van der Waals surface area contributed by atoms with Crippen LogP contribution in [-0.4, -0.2) is 33.4 Å². The van der Waals surface area contributed by atoms with E-state index in [2.05, 4.69) is 15.5 Å². The van der Waals surface area contributed by atoms with E-state index in [1.54, 1.807) is 7.11 Å². The van der Waals surface area contributed by atoms with Crippen molar-refractivity contribution in [2.24, 2.45) is 0 Å². The van der Waals surface area contributed by atoms with E-state index in [1.807, 2.05) is 66.8 Å². The van der Waals surface area contributed by atoms with Crippen LogP contribution in [0.1, 0.15) is 24.1 Å². The first-order valence-corrected chi connectivity index (χ1v) is 10.8. The zero-order valence-corrected chi connectivity index (χ0v) is 18.4. The van der Waals surface area contributed by atoms with Crippen LogP contribution >= 0.6 is 23.4 Å². The van der Waals surface area contributed by atoms with Gasteiger partial charge in [-0.25, -0.2) is 0 Å². The van der Waals surface area contributed by atoms with Crippen LogP contribution < -0.4 is 10.1 Å².